The molecule has 92 valence electrons. The van der Waals surface area contributed by atoms with Crippen molar-refractivity contribution in [2.45, 2.75) is 38.1 Å². The number of hydrogen-bond donors (Lipinski definition) is 1. The van der Waals surface area contributed by atoms with E-state index in [2.05, 4.69) is 18.7 Å². The summed E-state index contributed by atoms with van der Waals surface area (Å²) in [5.74, 6) is 0.974. The topological polar surface area (TPSA) is 35.2 Å². The van der Waals surface area contributed by atoms with E-state index in [4.69, 9.17) is 10.5 Å². The van der Waals surface area contributed by atoms with Crippen LogP contribution in [0.15, 0.2) is 30.9 Å². The Balaban J connectivity index is 1.98. The molecule has 0 aliphatic heterocycles. The number of allylic oxidation sites excluding steroid dienone is 1. The Hall–Kier alpha value is -1.28. The average Bonchev–Trinajstić information content (AvgIpc) is 2.35. The number of benzene rings is 1. The number of rotatable bonds is 5. The molecule has 0 bridgehead atoms. The predicted octanol–water partition coefficient (Wildman–Crippen LogP) is 3.37. The first kappa shape index (κ1) is 12.2. The molecule has 0 saturated heterocycles. The molecule has 1 aromatic carbocycles. The fourth-order valence-electron chi connectivity index (χ4n) is 2.34. The third kappa shape index (κ3) is 3.10. The Morgan fingerprint density at radius 3 is 3.18 bits per heavy atom. The van der Waals surface area contributed by atoms with Crippen molar-refractivity contribution in [2.75, 3.05) is 6.61 Å². The van der Waals surface area contributed by atoms with Crippen LogP contribution >= 0.6 is 0 Å². The van der Waals surface area contributed by atoms with Crippen LogP contribution in [0.25, 0.3) is 0 Å². The lowest BCUT2D eigenvalue weighted by molar-refractivity contribution is 0.311. The summed E-state index contributed by atoms with van der Waals surface area (Å²) in [6, 6.07) is 6.54. The molecule has 2 rings (SSSR count). The lowest BCUT2D eigenvalue weighted by Crippen LogP contribution is -2.17. The molecule has 2 nitrogen and oxygen atoms in total. The summed E-state index contributed by atoms with van der Waals surface area (Å²) in [6.07, 6.45) is 7.39. The van der Waals surface area contributed by atoms with Crippen LogP contribution in [-0.4, -0.2) is 6.61 Å². The zero-order valence-corrected chi connectivity index (χ0v) is 10.3. The lowest BCUT2D eigenvalue weighted by Gasteiger charge is -2.22. The molecule has 2 N–H and O–H groups in total. The van der Waals surface area contributed by atoms with Crippen LogP contribution in [0.4, 0.5) is 0 Å². The van der Waals surface area contributed by atoms with Gasteiger partial charge in [-0.2, -0.15) is 0 Å². The van der Waals surface area contributed by atoms with Crippen molar-refractivity contribution < 1.29 is 4.74 Å². The van der Waals surface area contributed by atoms with Crippen LogP contribution in [0.2, 0.25) is 0 Å². The van der Waals surface area contributed by atoms with Crippen LogP contribution in [0.5, 0.6) is 5.75 Å². The molecule has 0 radical (unpaired) electrons. The van der Waals surface area contributed by atoms with Crippen LogP contribution < -0.4 is 10.5 Å². The standard InChI is InChI=1S/C15H21NO/c1-2-3-4-10-17-13-8-9-14-12(11-13)6-5-7-15(14)16/h2,8-9,11,15H,1,3-7,10,16H2. The number of fused-ring (bicyclic) bond motifs is 1. The van der Waals surface area contributed by atoms with Gasteiger partial charge in [0, 0.05) is 6.04 Å². The smallest absolute Gasteiger partial charge is 0.119 e. The average molecular weight is 231 g/mol. The molecule has 1 aromatic rings. The molecule has 2 heteroatoms. The van der Waals surface area contributed by atoms with Gasteiger partial charge in [0.1, 0.15) is 5.75 Å². The van der Waals surface area contributed by atoms with Crippen LogP contribution in [-0.2, 0) is 6.42 Å². The van der Waals surface area contributed by atoms with E-state index >= 15 is 0 Å². The summed E-state index contributed by atoms with van der Waals surface area (Å²) >= 11 is 0. The van der Waals surface area contributed by atoms with E-state index in [0.717, 1.165) is 38.0 Å². The maximum atomic E-state index is 6.08. The number of hydrogen-bond acceptors (Lipinski definition) is 2. The third-order valence-corrected chi connectivity index (χ3v) is 3.30. The fraction of sp³-hybridized carbons (Fsp3) is 0.467. The molecule has 0 saturated carbocycles. The van der Waals surface area contributed by atoms with Crippen molar-refractivity contribution in [1.29, 1.82) is 0 Å². The summed E-state index contributed by atoms with van der Waals surface area (Å²) < 4.78 is 5.72. The van der Waals surface area contributed by atoms with E-state index in [0.29, 0.717) is 0 Å². The highest BCUT2D eigenvalue weighted by atomic mass is 16.5. The highest BCUT2D eigenvalue weighted by Gasteiger charge is 2.16. The Labute approximate surface area is 103 Å². The zero-order chi connectivity index (χ0) is 12.1. The summed E-state index contributed by atoms with van der Waals surface area (Å²) in [6.45, 7) is 4.46. The van der Waals surface area contributed by atoms with Gasteiger partial charge in [0.25, 0.3) is 0 Å². The largest absolute Gasteiger partial charge is 0.494 e. The zero-order valence-electron chi connectivity index (χ0n) is 10.3. The van der Waals surface area contributed by atoms with E-state index in [9.17, 15) is 0 Å². The summed E-state index contributed by atoms with van der Waals surface area (Å²) in [5.41, 5.74) is 8.75. The van der Waals surface area contributed by atoms with Crippen LogP contribution in [0, 0.1) is 0 Å². The number of unbranched alkanes of at least 4 members (excludes halogenated alkanes) is 1. The van der Waals surface area contributed by atoms with Gasteiger partial charge in [0.2, 0.25) is 0 Å². The summed E-state index contributed by atoms with van der Waals surface area (Å²) in [4.78, 5) is 0. The van der Waals surface area contributed by atoms with Gasteiger partial charge < -0.3 is 10.5 Å². The monoisotopic (exact) mass is 231 g/mol. The highest BCUT2D eigenvalue weighted by molar-refractivity contribution is 5.38. The molecular formula is C15H21NO. The van der Waals surface area contributed by atoms with Gasteiger partial charge in [0.05, 0.1) is 6.61 Å². The van der Waals surface area contributed by atoms with Gasteiger partial charge in [-0.05, 0) is 55.4 Å². The maximum Gasteiger partial charge on any atom is 0.119 e. The van der Waals surface area contributed by atoms with Gasteiger partial charge in [-0.15, -0.1) is 6.58 Å². The van der Waals surface area contributed by atoms with Crippen molar-refractivity contribution >= 4 is 0 Å². The van der Waals surface area contributed by atoms with E-state index < -0.39 is 0 Å². The van der Waals surface area contributed by atoms with Crippen molar-refractivity contribution in [3.8, 4) is 5.75 Å². The Bertz CT molecular complexity index is 387. The SMILES string of the molecule is C=CCCCOc1ccc2c(c1)CCCC2N. The molecule has 1 aliphatic carbocycles. The second-order valence-corrected chi connectivity index (χ2v) is 4.64. The number of ether oxygens (including phenoxy) is 1. The highest BCUT2D eigenvalue weighted by Crippen LogP contribution is 2.30. The van der Waals surface area contributed by atoms with Gasteiger partial charge in [-0.25, -0.2) is 0 Å². The Morgan fingerprint density at radius 1 is 1.47 bits per heavy atom. The first-order valence-corrected chi connectivity index (χ1v) is 6.43. The van der Waals surface area contributed by atoms with Gasteiger partial charge in [-0.1, -0.05) is 12.1 Å². The van der Waals surface area contributed by atoms with Crippen LogP contribution in [0.1, 0.15) is 42.9 Å². The van der Waals surface area contributed by atoms with E-state index in [1.54, 1.807) is 0 Å². The molecule has 0 spiro atoms. The van der Waals surface area contributed by atoms with E-state index in [-0.39, 0.29) is 6.04 Å². The molecule has 17 heavy (non-hydrogen) atoms. The Morgan fingerprint density at radius 2 is 2.35 bits per heavy atom. The number of aryl methyl sites for hydroxylation is 1. The van der Waals surface area contributed by atoms with Gasteiger partial charge in [0.15, 0.2) is 0 Å². The van der Waals surface area contributed by atoms with Crippen LogP contribution in [0.3, 0.4) is 0 Å². The van der Waals surface area contributed by atoms with E-state index in [1.165, 1.54) is 17.5 Å². The van der Waals surface area contributed by atoms with Crippen molar-refractivity contribution in [1.82, 2.24) is 0 Å². The van der Waals surface area contributed by atoms with Crippen molar-refractivity contribution in [3.63, 3.8) is 0 Å². The number of nitrogens with two attached hydrogens (primary N) is 1. The normalized spacial score (nSPS) is 18.5. The maximum absolute atomic E-state index is 6.08. The molecule has 1 aliphatic rings. The summed E-state index contributed by atoms with van der Waals surface area (Å²) in [5, 5.41) is 0. The first-order valence-electron chi connectivity index (χ1n) is 6.43. The second-order valence-electron chi connectivity index (χ2n) is 4.64. The molecular weight excluding hydrogens is 210 g/mol. The minimum Gasteiger partial charge on any atom is -0.494 e. The van der Waals surface area contributed by atoms with Gasteiger partial charge in [-0.3, -0.25) is 0 Å². The minimum absolute atomic E-state index is 0.216. The quantitative estimate of drug-likeness (QED) is 0.623. The molecule has 0 fully saturated rings. The van der Waals surface area contributed by atoms with E-state index in [1.807, 2.05) is 12.1 Å². The second kappa shape index (κ2) is 5.87. The molecule has 0 amide bonds. The van der Waals surface area contributed by atoms with Crippen molar-refractivity contribution in [2.24, 2.45) is 5.73 Å². The van der Waals surface area contributed by atoms with Crippen molar-refractivity contribution in [3.05, 3.63) is 42.0 Å². The summed E-state index contributed by atoms with van der Waals surface area (Å²) in [7, 11) is 0. The predicted molar refractivity (Wildman–Crippen MR) is 71.2 cm³/mol. The molecule has 1 atom stereocenters. The minimum atomic E-state index is 0.216. The Kier molecular flexibility index (Phi) is 4.21. The molecule has 0 heterocycles. The fourth-order valence-corrected chi connectivity index (χ4v) is 2.34. The lowest BCUT2D eigenvalue weighted by atomic mass is 9.88. The van der Waals surface area contributed by atoms with Gasteiger partial charge >= 0.3 is 0 Å². The molecule has 0 aromatic heterocycles. The molecule has 1 unspecified atom stereocenters. The first-order chi connectivity index (χ1) is 8.31. The third-order valence-electron chi connectivity index (χ3n) is 3.30.